The lowest BCUT2D eigenvalue weighted by molar-refractivity contribution is -0.144. The van der Waals surface area contributed by atoms with Crippen molar-refractivity contribution in [2.45, 2.75) is 38.1 Å². The van der Waals surface area contributed by atoms with Crippen molar-refractivity contribution < 1.29 is 23.8 Å². The minimum Gasteiger partial charge on any atom is -0.497 e. The minimum atomic E-state index is -0.266. The first-order chi connectivity index (χ1) is 19.6. The van der Waals surface area contributed by atoms with E-state index in [9.17, 15) is 9.59 Å². The average Bonchev–Trinajstić information content (AvgIpc) is 3.71. The molecule has 0 unspecified atom stereocenters. The van der Waals surface area contributed by atoms with Gasteiger partial charge in [0.15, 0.2) is 0 Å². The summed E-state index contributed by atoms with van der Waals surface area (Å²) >= 11 is 0. The molecule has 2 fully saturated rings. The maximum Gasteiger partial charge on any atom is 0.262 e. The van der Waals surface area contributed by atoms with E-state index < -0.39 is 0 Å². The van der Waals surface area contributed by atoms with Gasteiger partial charge >= 0.3 is 0 Å². The average molecular weight is 549 g/mol. The number of ether oxygens (including phenoxy) is 3. The summed E-state index contributed by atoms with van der Waals surface area (Å²) < 4.78 is 16.5. The monoisotopic (exact) mass is 548 g/mol. The number of benzene rings is 2. The highest BCUT2D eigenvalue weighted by atomic mass is 16.5. The third kappa shape index (κ3) is 6.47. The fraction of sp³-hybridized carbons (Fsp3) is 0.516. The van der Waals surface area contributed by atoms with Crippen molar-refractivity contribution >= 4 is 17.5 Å². The van der Waals surface area contributed by atoms with Crippen molar-refractivity contribution in [1.82, 2.24) is 14.8 Å². The van der Waals surface area contributed by atoms with Crippen molar-refractivity contribution in [1.29, 1.82) is 0 Å². The molecule has 9 nitrogen and oxygen atoms in total. The third-order valence-electron chi connectivity index (χ3n) is 8.20. The van der Waals surface area contributed by atoms with E-state index in [0.29, 0.717) is 37.7 Å². The number of morpholine rings is 1. The maximum atomic E-state index is 14.0. The number of carbonyl (C=O) groups excluding carboxylic acids is 2. The third-order valence-corrected chi connectivity index (χ3v) is 8.20. The van der Waals surface area contributed by atoms with Gasteiger partial charge in [-0.05, 0) is 30.5 Å². The Balaban J connectivity index is 1.40. The summed E-state index contributed by atoms with van der Waals surface area (Å²) in [5, 5.41) is 6.44. The molecule has 0 spiro atoms. The molecule has 2 aromatic carbocycles. The first-order valence-corrected chi connectivity index (χ1v) is 14.3. The molecule has 2 amide bonds. The number of amides is 2. The molecular formula is C31H40N4O5. The van der Waals surface area contributed by atoms with Gasteiger partial charge < -0.3 is 19.1 Å². The van der Waals surface area contributed by atoms with Crippen molar-refractivity contribution in [2.24, 2.45) is 11.0 Å². The molecule has 214 valence electrons. The molecule has 0 radical (unpaired) electrons. The Morgan fingerprint density at radius 2 is 1.77 bits per heavy atom. The Morgan fingerprint density at radius 3 is 2.48 bits per heavy atom. The van der Waals surface area contributed by atoms with Crippen LogP contribution < -0.4 is 9.47 Å². The van der Waals surface area contributed by atoms with E-state index in [1.807, 2.05) is 48.5 Å². The number of methoxy groups -OCH3 is 2. The highest BCUT2D eigenvalue weighted by Crippen LogP contribution is 2.36. The van der Waals surface area contributed by atoms with Gasteiger partial charge in [-0.3, -0.25) is 14.5 Å². The summed E-state index contributed by atoms with van der Waals surface area (Å²) in [6, 6.07) is 15.3. The van der Waals surface area contributed by atoms with Crippen LogP contribution in [-0.4, -0.2) is 92.5 Å². The van der Waals surface area contributed by atoms with Crippen LogP contribution in [0.4, 0.5) is 0 Å². The van der Waals surface area contributed by atoms with Crippen molar-refractivity contribution in [3.8, 4) is 11.5 Å². The number of hydrogen-bond donors (Lipinski definition) is 0. The van der Waals surface area contributed by atoms with E-state index in [0.717, 1.165) is 62.2 Å². The van der Waals surface area contributed by atoms with Crippen LogP contribution in [0.15, 0.2) is 53.6 Å². The Hall–Kier alpha value is -3.43. The largest absolute Gasteiger partial charge is 0.497 e. The lowest BCUT2D eigenvalue weighted by Crippen LogP contribution is -2.47. The molecule has 40 heavy (non-hydrogen) atoms. The first kappa shape index (κ1) is 28.1. The van der Waals surface area contributed by atoms with Crippen LogP contribution in [-0.2, 0) is 14.3 Å². The second-order valence-electron chi connectivity index (χ2n) is 10.7. The van der Waals surface area contributed by atoms with E-state index in [1.165, 1.54) is 0 Å². The topological polar surface area (TPSA) is 83.9 Å². The zero-order chi connectivity index (χ0) is 27.9. The predicted molar refractivity (Wildman–Crippen MR) is 153 cm³/mol. The summed E-state index contributed by atoms with van der Waals surface area (Å²) in [5.74, 6) is 1.25. The maximum absolute atomic E-state index is 14.0. The lowest BCUT2D eigenvalue weighted by Gasteiger charge is -2.32. The molecule has 2 heterocycles. The minimum absolute atomic E-state index is 0.00334. The first-order valence-electron chi connectivity index (χ1n) is 14.3. The van der Waals surface area contributed by atoms with Crippen LogP contribution in [0.25, 0.3) is 0 Å². The molecule has 1 aliphatic carbocycles. The van der Waals surface area contributed by atoms with Crippen LogP contribution in [0.1, 0.15) is 49.3 Å². The van der Waals surface area contributed by atoms with Crippen molar-refractivity contribution in [2.75, 3.05) is 60.2 Å². The molecule has 1 saturated carbocycles. The summed E-state index contributed by atoms with van der Waals surface area (Å²) in [7, 11) is 3.23. The molecule has 2 aliphatic heterocycles. The quantitative estimate of drug-likeness (QED) is 0.450. The summed E-state index contributed by atoms with van der Waals surface area (Å²) in [6.45, 7) is 4.36. The standard InChI is InChI=1S/C31H40N4O5/c1-38-25-12-13-26(29(20-25)39-2)27-21-28(23-8-4-3-5-9-23)35(32-27)30(36)22-34(31(37)24-10-6-7-11-24)15-14-33-16-18-40-19-17-33/h3-5,8-9,12-13,20,24,28H,6-7,10-11,14-19,21-22H2,1-2H3/t28-/m1/s1. The van der Waals surface area contributed by atoms with E-state index >= 15 is 0 Å². The van der Waals surface area contributed by atoms with Gasteiger partial charge in [-0.25, -0.2) is 5.01 Å². The van der Waals surface area contributed by atoms with Gasteiger partial charge in [-0.1, -0.05) is 43.2 Å². The SMILES string of the molecule is COc1ccc(C2=NN(C(=O)CN(CCN3CCOCC3)C(=O)C3CCCC3)[C@@H](c3ccccc3)C2)c(OC)c1. The second-order valence-corrected chi connectivity index (χ2v) is 10.7. The summed E-state index contributed by atoms with van der Waals surface area (Å²) in [4.78, 5) is 31.7. The molecule has 1 atom stereocenters. The van der Waals surface area contributed by atoms with Gasteiger partial charge in [-0.15, -0.1) is 0 Å². The molecular weight excluding hydrogens is 508 g/mol. The molecule has 9 heteroatoms. The van der Waals surface area contributed by atoms with Crippen molar-refractivity contribution in [3.05, 3.63) is 59.7 Å². The summed E-state index contributed by atoms with van der Waals surface area (Å²) in [5.41, 5.74) is 2.60. The van der Waals surface area contributed by atoms with Crippen LogP contribution in [0.3, 0.4) is 0 Å². The van der Waals surface area contributed by atoms with Crippen LogP contribution in [0, 0.1) is 5.92 Å². The van der Waals surface area contributed by atoms with Crippen LogP contribution in [0.2, 0.25) is 0 Å². The van der Waals surface area contributed by atoms with Crippen molar-refractivity contribution in [3.63, 3.8) is 0 Å². The smallest absolute Gasteiger partial charge is 0.262 e. The van der Waals surface area contributed by atoms with Gasteiger partial charge in [-0.2, -0.15) is 5.10 Å². The number of carbonyl (C=O) groups is 2. The molecule has 0 bridgehead atoms. The Bertz CT molecular complexity index is 1190. The number of hydrogen-bond acceptors (Lipinski definition) is 7. The fourth-order valence-corrected chi connectivity index (χ4v) is 5.90. The normalized spacial score (nSPS) is 19.9. The molecule has 2 aromatic rings. The second kappa shape index (κ2) is 13.3. The fourth-order valence-electron chi connectivity index (χ4n) is 5.90. The number of hydrazone groups is 1. The van der Waals surface area contributed by atoms with Gasteiger partial charge in [0.1, 0.15) is 18.0 Å². The summed E-state index contributed by atoms with van der Waals surface area (Å²) in [6.07, 6.45) is 4.49. The van der Waals surface area contributed by atoms with Gasteiger partial charge in [0, 0.05) is 50.1 Å². The van der Waals surface area contributed by atoms with E-state index in [4.69, 9.17) is 19.3 Å². The zero-order valence-corrected chi connectivity index (χ0v) is 23.6. The molecule has 3 aliphatic rings. The highest BCUT2D eigenvalue weighted by Gasteiger charge is 2.36. The Morgan fingerprint density at radius 1 is 1.02 bits per heavy atom. The lowest BCUT2D eigenvalue weighted by atomic mass is 9.98. The molecule has 0 aromatic heterocycles. The Kier molecular flexibility index (Phi) is 9.34. The van der Waals surface area contributed by atoms with Crippen LogP contribution >= 0.6 is 0 Å². The van der Waals surface area contributed by atoms with Gasteiger partial charge in [0.25, 0.3) is 5.91 Å². The van der Waals surface area contributed by atoms with Crippen LogP contribution in [0.5, 0.6) is 11.5 Å². The Labute approximate surface area is 236 Å². The molecule has 0 N–H and O–H groups in total. The molecule has 1 saturated heterocycles. The van der Waals surface area contributed by atoms with E-state index in [2.05, 4.69) is 4.90 Å². The van der Waals surface area contributed by atoms with E-state index in [-0.39, 0.29) is 30.3 Å². The van der Waals surface area contributed by atoms with Gasteiger partial charge in [0.05, 0.1) is 39.2 Å². The van der Waals surface area contributed by atoms with E-state index in [1.54, 1.807) is 24.1 Å². The predicted octanol–water partition coefficient (Wildman–Crippen LogP) is 3.73. The number of rotatable bonds is 10. The number of nitrogens with zero attached hydrogens (tertiary/aromatic N) is 4. The molecule has 5 rings (SSSR count). The highest BCUT2D eigenvalue weighted by molar-refractivity contribution is 6.05. The van der Waals surface area contributed by atoms with Gasteiger partial charge in [0.2, 0.25) is 5.91 Å². The zero-order valence-electron chi connectivity index (χ0n) is 23.6.